The van der Waals surface area contributed by atoms with Crippen LogP contribution < -0.4 is 4.74 Å². The first-order valence-electron chi connectivity index (χ1n) is 8.32. The molecule has 0 heterocycles. The first-order valence-corrected chi connectivity index (χ1v) is 8.70. The number of hydrogen-bond acceptors (Lipinski definition) is 4. The molecule has 25 heavy (non-hydrogen) atoms. The van der Waals surface area contributed by atoms with Crippen LogP contribution in [0.2, 0.25) is 5.02 Å². The number of aliphatic hydroxyl groups is 1. The number of carbonyl (C=O) groups is 1. The number of rotatable bonds is 8. The summed E-state index contributed by atoms with van der Waals surface area (Å²) in [5, 5.41) is 11.2. The van der Waals surface area contributed by atoms with Gasteiger partial charge in [-0.05, 0) is 55.3 Å². The third kappa shape index (κ3) is 6.07. The molecule has 0 radical (unpaired) electrons. The van der Waals surface area contributed by atoms with Gasteiger partial charge in [0.1, 0.15) is 11.5 Å². The van der Waals surface area contributed by atoms with Crippen LogP contribution in [-0.4, -0.2) is 17.7 Å². The summed E-state index contributed by atoms with van der Waals surface area (Å²) in [6.07, 6.45) is 1.69. The zero-order chi connectivity index (χ0) is 18.3. The minimum atomic E-state index is -1.29. The van der Waals surface area contributed by atoms with Crippen molar-refractivity contribution in [2.45, 2.75) is 38.7 Å². The molecular formula is C20H23ClO4. The fourth-order valence-electron chi connectivity index (χ4n) is 2.29. The van der Waals surface area contributed by atoms with Crippen LogP contribution >= 0.6 is 11.6 Å². The molecule has 0 aliphatic rings. The molecule has 0 aromatic heterocycles. The normalized spacial score (nSPS) is 13.1. The molecule has 4 nitrogen and oxygen atoms in total. The van der Waals surface area contributed by atoms with Crippen LogP contribution in [0, 0.1) is 0 Å². The molecule has 5 heteroatoms. The van der Waals surface area contributed by atoms with E-state index in [-0.39, 0.29) is 6.42 Å². The Labute approximate surface area is 153 Å². The minimum Gasteiger partial charge on any atom is -0.466 e. The monoisotopic (exact) mass is 362 g/mol. The molecule has 2 aromatic carbocycles. The molecule has 2 rings (SSSR count). The summed E-state index contributed by atoms with van der Waals surface area (Å²) in [7, 11) is 0. The van der Waals surface area contributed by atoms with Crippen LogP contribution in [0.25, 0.3) is 0 Å². The molecule has 1 N–H and O–H groups in total. The van der Waals surface area contributed by atoms with Crippen molar-refractivity contribution in [2.75, 3.05) is 6.61 Å². The Morgan fingerprint density at radius 2 is 1.64 bits per heavy atom. The van der Waals surface area contributed by atoms with Gasteiger partial charge in [-0.3, -0.25) is 4.79 Å². The molecule has 2 aromatic rings. The van der Waals surface area contributed by atoms with Gasteiger partial charge in [0.05, 0.1) is 18.6 Å². The second-order valence-corrected chi connectivity index (χ2v) is 6.54. The largest absolute Gasteiger partial charge is 0.466 e. The maximum Gasteiger partial charge on any atom is 0.309 e. The average Bonchev–Trinajstić information content (AvgIpc) is 2.57. The second-order valence-electron chi connectivity index (χ2n) is 6.11. The van der Waals surface area contributed by atoms with Crippen molar-refractivity contribution < 1.29 is 19.4 Å². The van der Waals surface area contributed by atoms with E-state index in [1.807, 2.05) is 6.92 Å². The Bertz CT molecular complexity index is 678. The first kappa shape index (κ1) is 19.3. The van der Waals surface area contributed by atoms with Crippen molar-refractivity contribution >= 4 is 17.6 Å². The highest BCUT2D eigenvalue weighted by atomic mass is 35.5. The average molecular weight is 363 g/mol. The summed E-state index contributed by atoms with van der Waals surface area (Å²) in [5.41, 5.74) is -0.661. The maximum absolute atomic E-state index is 11.8. The Morgan fingerprint density at radius 3 is 2.20 bits per heavy atom. The van der Waals surface area contributed by atoms with Crippen LogP contribution in [-0.2, 0) is 15.1 Å². The second kappa shape index (κ2) is 8.88. The number of benzene rings is 2. The summed E-state index contributed by atoms with van der Waals surface area (Å²) in [6, 6.07) is 14.0. The lowest BCUT2D eigenvalue weighted by atomic mass is 9.92. The van der Waals surface area contributed by atoms with E-state index in [4.69, 9.17) is 21.1 Å². The predicted molar refractivity (Wildman–Crippen MR) is 98.0 cm³/mol. The molecule has 0 aliphatic heterocycles. The van der Waals surface area contributed by atoms with Gasteiger partial charge in [-0.15, -0.1) is 0 Å². The van der Waals surface area contributed by atoms with E-state index in [1.54, 1.807) is 55.5 Å². The summed E-state index contributed by atoms with van der Waals surface area (Å²) in [5.74, 6) is 0.899. The molecule has 134 valence electrons. The SMILES string of the molecule is CCCCOC(=O)CC(C)(O)c1ccc(Oc2ccc(Cl)cc2)cc1. The van der Waals surface area contributed by atoms with E-state index >= 15 is 0 Å². The molecule has 1 unspecified atom stereocenters. The van der Waals surface area contributed by atoms with Crippen LogP contribution in [0.15, 0.2) is 48.5 Å². The highest BCUT2D eigenvalue weighted by Crippen LogP contribution is 2.29. The highest BCUT2D eigenvalue weighted by Gasteiger charge is 2.27. The molecule has 1 atom stereocenters. The molecular weight excluding hydrogens is 340 g/mol. The van der Waals surface area contributed by atoms with Crippen LogP contribution in [0.1, 0.15) is 38.7 Å². The molecule has 0 saturated heterocycles. The lowest BCUT2D eigenvalue weighted by Gasteiger charge is -2.23. The van der Waals surface area contributed by atoms with Crippen LogP contribution in [0.3, 0.4) is 0 Å². The van der Waals surface area contributed by atoms with Gasteiger partial charge >= 0.3 is 5.97 Å². The quantitative estimate of drug-likeness (QED) is 0.526. The smallest absolute Gasteiger partial charge is 0.309 e. The van der Waals surface area contributed by atoms with Gasteiger partial charge < -0.3 is 14.6 Å². The molecule has 0 amide bonds. The zero-order valence-electron chi connectivity index (χ0n) is 14.5. The van der Waals surface area contributed by atoms with Gasteiger partial charge in [0.2, 0.25) is 0 Å². The van der Waals surface area contributed by atoms with Crippen molar-refractivity contribution in [3.63, 3.8) is 0 Å². The van der Waals surface area contributed by atoms with E-state index in [9.17, 15) is 9.90 Å². The van der Waals surface area contributed by atoms with Gasteiger partial charge in [0, 0.05) is 5.02 Å². The van der Waals surface area contributed by atoms with Crippen molar-refractivity contribution in [3.05, 3.63) is 59.1 Å². The maximum atomic E-state index is 11.8. The number of halogens is 1. The highest BCUT2D eigenvalue weighted by molar-refractivity contribution is 6.30. The molecule has 0 saturated carbocycles. The van der Waals surface area contributed by atoms with E-state index in [2.05, 4.69) is 0 Å². The summed E-state index contributed by atoms with van der Waals surface area (Å²) >= 11 is 5.85. The summed E-state index contributed by atoms with van der Waals surface area (Å²) in [6.45, 7) is 4.01. The van der Waals surface area contributed by atoms with E-state index in [1.165, 1.54) is 0 Å². The lowest BCUT2D eigenvalue weighted by molar-refractivity contribution is -0.149. The fourth-order valence-corrected chi connectivity index (χ4v) is 2.41. The van der Waals surface area contributed by atoms with Crippen molar-refractivity contribution in [1.82, 2.24) is 0 Å². The van der Waals surface area contributed by atoms with Crippen LogP contribution in [0.4, 0.5) is 0 Å². The zero-order valence-corrected chi connectivity index (χ0v) is 15.3. The van der Waals surface area contributed by atoms with Crippen molar-refractivity contribution in [2.24, 2.45) is 0 Å². The number of ether oxygens (including phenoxy) is 2. The lowest BCUT2D eigenvalue weighted by Crippen LogP contribution is -2.26. The third-order valence-corrected chi connectivity index (χ3v) is 4.03. The number of carbonyl (C=O) groups excluding carboxylic acids is 1. The van der Waals surface area contributed by atoms with E-state index < -0.39 is 11.6 Å². The predicted octanol–water partition coefficient (Wildman–Crippen LogP) is 5.07. The van der Waals surface area contributed by atoms with E-state index in [0.717, 1.165) is 12.8 Å². The summed E-state index contributed by atoms with van der Waals surface area (Å²) < 4.78 is 10.8. The van der Waals surface area contributed by atoms with Gasteiger partial charge in [0.25, 0.3) is 0 Å². The Hall–Kier alpha value is -2.04. The van der Waals surface area contributed by atoms with Gasteiger partial charge in [-0.1, -0.05) is 37.1 Å². The Balaban J connectivity index is 1.97. The van der Waals surface area contributed by atoms with Crippen molar-refractivity contribution in [3.8, 4) is 11.5 Å². The van der Waals surface area contributed by atoms with Crippen LogP contribution in [0.5, 0.6) is 11.5 Å². The minimum absolute atomic E-state index is 0.0892. The summed E-state index contributed by atoms with van der Waals surface area (Å²) in [4.78, 5) is 11.8. The fraction of sp³-hybridized carbons (Fsp3) is 0.350. The molecule has 0 spiro atoms. The standard InChI is InChI=1S/C20H23ClO4/c1-3-4-13-24-19(22)14-20(2,23)15-5-9-17(10-6-15)25-18-11-7-16(21)8-12-18/h5-12,23H,3-4,13-14H2,1-2H3. The van der Waals surface area contributed by atoms with Gasteiger partial charge in [0.15, 0.2) is 0 Å². The van der Waals surface area contributed by atoms with E-state index in [0.29, 0.717) is 28.7 Å². The molecule has 0 aliphatic carbocycles. The van der Waals surface area contributed by atoms with Crippen molar-refractivity contribution in [1.29, 1.82) is 0 Å². The first-order chi connectivity index (χ1) is 11.9. The third-order valence-electron chi connectivity index (χ3n) is 3.78. The number of esters is 1. The Kier molecular flexibility index (Phi) is 6.85. The molecule has 0 bridgehead atoms. The van der Waals surface area contributed by atoms with Gasteiger partial charge in [-0.25, -0.2) is 0 Å². The van der Waals surface area contributed by atoms with Gasteiger partial charge in [-0.2, -0.15) is 0 Å². The topological polar surface area (TPSA) is 55.8 Å². The molecule has 0 fully saturated rings. The number of unbranched alkanes of at least 4 members (excludes halogenated alkanes) is 1. The number of hydrogen-bond donors (Lipinski definition) is 1. The Morgan fingerprint density at radius 1 is 1.08 bits per heavy atom.